The molecule has 0 aromatic heterocycles. The zero-order valence-electron chi connectivity index (χ0n) is 17.6. The summed E-state index contributed by atoms with van der Waals surface area (Å²) < 4.78 is 10.5. The number of methoxy groups -OCH3 is 1. The number of hydrogen-bond donors (Lipinski definition) is 2. The van der Waals surface area contributed by atoms with E-state index in [1.165, 1.54) is 5.56 Å². The van der Waals surface area contributed by atoms with E-state index in [-0.39, 0.29) is 23.8 Å². The highest BCUT2D eigenvalue weighted by molar-refractivity contribution is 5.96. The zero-order valence-corrected chi connectivity index (χ0v) is 17.6. The van der Waals surface area contributed by atoms with Gasteiger partial charge in [0.2, 0.25) is 0 Å². The fourth-order valence-corrected chi connectivity index (χ4v) is 2.63. The van der Waals surface area contributed by atoms with Gasteiger partial charge in [0.1, 0.15) is 5.75 Å². The van der Waals surface area contributed by atoms with Gasteiger partial charge in [-0.1, -0.05) is 32.9 Å². The molecule has 0 aliphatic carbocycles. The molecule has 2 N–H and O–H groups in total. The minimum Gasteiger partial charge on any atom is -0.484 e. The van der Waals surface area contributed by atoms with Gasteiger partial charge >= 0.3 is 0 Å². The molecule has 0 atom stereocenters. The van der Waals surface area contributed by atoms with E-state index < -0.39 is 0 Å². The highest BCUT2D eigenvalue weighted by Crippen LogP contribution is 2.28. The van der Waals surface area contributed by atoms with Crippen LogP contribution in [0.25, 0.3) is 0 Å². The third kappa shape index (κ3) is 6.91. The van der Waals surface area contributed by atoms with E-state index in [2.05, 4.69) is 31.4 Å². The van der Waals surface area contributed by atoms with Gasteiger partial charge in [-0.25, -0.2) is 0 Å². The maximum absolute atomic E-state index is 12.1. The van der Waals surface area contributed by atoms with Crippen molar-refractivity contribution in [3.8, 4) is 5.75 Å². The summed E-state index contributed by atoms with van der Waals surface area (Å²) in [6.45, 7) is 7.38. The summed E-state index contributed by atoms with van der Waals surface area (Å²) in [5.74, 6) is 0.206. The predicted molar refractivity (Wildman–Crippen MR) is 115 cm³/mol. The first kappa shape index (κ1) is 22.4. The van der Waals surface area contributed by atoms with E-state index in [1.807, 2.05) is 24.3 Å². The van der Waals surface area contributed by atoms with Gasteiger partial charge in [0.15, 0.2) is 6.61 Å². The van der Waals surface area contributed by atoms with Crippen LogP contribution in [0.5, 0.6) is 5.75 Å². The van der Waals surface area contributed by atoms with Crippen molar-refractivity contribution in [2.24, 2.45) is 0 Å². The van der Waals surface area contributed by atoms with Crippen LogP contribution in [-0.4, -0.2) is 38.7 Å². The second-order valence-corrected chi connectivity index (χ2v) is 7.42. The zero-order chi connectivity index (χ0) is 21.3. The summed E-state index contributed by atoms with van der Waals surface area (Å²) in [5, 5.41) is 5.50. The first-order valence-corrected chi connectivity index (χ1v) is 9.76. The van der Waals surface area contributed by atoms with E-state index in [0.717, 1.165) is 6.42 Å². The molecule has 2 rings (SSSR count). The van der Waals surface area contributed by atoms with E-state index in [1.54, 1.807) is 31.4 Å². The summed E-state index contributed by atoms with van der Waals surface area (Å²) in [6.07, 6.45) is 1.04. The third-order valence-corrected chi connectivity index (χ3v) is 4.91. The summed E-state index contributed by atoms with van der Waals surface area (Å²) in [7, 11) is 1.58. The minimum absolute atomic E-state index is 0.0875. The molecule has 0 radical (unpaired) electrons. The van der Waals surface area contributed by atoms with Gasteiger partial charge in [-0.2, -0.15) is 0 Å². The summed E-state index contributed by atoms with van der Waals surface area (Å²) >= 11 is 0. The van der Waals surface area contributed by atoms with Gasteiger partial charge in [0.05, 0.1) is 6.61 Å². The normalized spacial score (nSPS) is 11.0. The van der Waals surface area contributed by atoms with Crippen molar-refractivity contribution < 1.29 is 19.1 Å². The smallest absolute Gasteiger partial charge is 0.262 e. The summed E-state index contributed by atoms with van der Waals surface area (Å²) in [5.41, 5.74) is 2.48. The van der Waals surface area contributed by atoms with E-state index in [4.69, 9.17) is 9.47 Å². The lowest BCUT2D eigenvalue weighted by Crippen LogP contribution is -2.26. The van der Waals surface area contributed by atoms with Crippen molar-refractivity contribution in [2.45, 2.75) is 32.6 Å². The Morgan fingerprint density at radius 3 is 2.24 bits per heavy atom. The van der Waals surface area contributed by atoms with E-state index in [0.29, 0.717) is 30.2 Å². The molecule has 0 saturated heterocycles. The summed E-state index contributed by atoms with van der Waals surface area (Å²) in [4.78, 5) is 24.1. The third-order valence-electron chi connectivity index (χ3n) is 4.91. The molecule has 0 aliphatic heterocycles. The first-order valence-electron chi connectivity index (χ1n) is 9.76. The van der Waals surface area contributed by atoms with Gasteiger partial charge in [-0.05, 0) is 53.8 Å². The van der Waals surface area contributed by atoms with Gasteiger partial charge in [-0.3, -0.25) is 9.59 Å². The highest BCUT2D eigenvalue weighted by atomic mass is 16.5. The quantitative estimate of drug-likeness (QED) is 0.598. The molecule has 6 nitrogen and oxygen atoms in total. The van der Waals surface area contributed by atoms with Crippen LogP contribution in [0, 0.1) is 0 Å². The van der Waals surface area contributed by atoms with Crippen molar-refractivity contribution in [3.63, 3.8) is 0 Å². The lowest BCUT2D eigenvalue weighted by molar-refractivity contribution is -0.118. The fraction of sp³-hybridized carbons (Fsp3) is 0.391. The van der Waals surface area contributed by atoms with Crippen molar-refractivity contribution >= 4 is 17.5 Å². The van der Waals surface area contributed by atoms with Gasteiger partial charge in [-0.15, -0.1) is 0 Å². The average molecular weight is 399 g/mol. The molecular formula is C23H30N2O4. The number of nitrogens with one attached hydrogen (secondary N) is 2. The SMILES string of the molecule is CCC(C)(C)c1ccc(OCC(=O)Nc2ccc(C(=O)NCCOC)cc2)cc1. The van der Waals surface area contributed by atoms with Crippen molar-refractivity contribution in [2.75, 3.05) is 32.2 Å². The highest BCUT2D eigenvalue weighted by Gasteiger charge is 2.17. The van der Waals surface area contributed by atoms with E-state index >= 15 is 0 Å². The Kier molecular flexibility index (Phi) is 8.21. The number of carbonyl (C=O) groups excluding carboxylic acids is 2. The summed E-state index contributed by atoms with van der Waals surface area (Å²) in [6, 6.07) is 14.5. The molecule has 6 heteroatoms. The van der Waals surface area contributed by atoms with Crippen LogP contribution in [0.15, 0.2) is 48.5 Å². The number of ether oxygens (including phenoxy) is 2. The van der Waals surface area contributed by atoms with Crippen molar-refractivity contribution in [1.29, 1.82) is 0 Å². The average Bonchev–Trinajstić information content (AvgIpc) is 2.73. The maximum Gasteiger partial charge on any atom is 0.262 e. The molecule has 0 spiro atoms. The molecule has 0 aliphatic rings. The topological polar surface area (TPSA) is 76.7 Å². The standard InChI is InChI=1S/C23H30N2O4/c1-5-23(2,3)18-8-12-20(13-9-18)29-16-21(26)25-19-10-6-17(7-11-19)22(27)24-14-15-28-4/h6-13H,5,14-16H2,1-4H3,(H,24,27)(H,25,26). The Balaban J connectivity index is 1.82. The first-order chi connectivity index (χ1) is 13.9. The number of amides is 2. The van der Waals surface area contributed by atoms with Crippen LogP contribution in [-0.2, 0) is 14.9 Å². The second kappa shape index (κ2) is 10.6. The molecule has 0 unspecified atom stereocenters. The van der Waals surface area contributed by atoms with Crippen LogP contribution in [0.3, 0.4) is 0 Å². The van der Waals surface area contributed by atoms with E-state index in [9.17, 15) is 9.59 Å². The number of anilines is 1. The Bertz CT molecular complexity index is 799. The Morgan fingerprint density at radius 2 is 1.66 bits per heavy atom. The predicted octanol–water partition coefficient (Wildman–Crippen LogP) is 3.77. The van der Waals surface area contributed by atoms with Crippen LogP contribution in [0.2, 0.25) is 0 Å². The molecule has 2 aromatic rings. The Morgan fingerprint density at radius 1 is 1.00 bits per heavy atom. The van der Waals surface area contributed by atoms with Gasteiger partial charge < -0.3 is 20.1 Å². The van der Waals surface area contributed by atoms with Gasteiger partial charge in [0.25, 0.3) is 11.8 Å². The second-order valence-electron chi connectivity index (χ2n) is 7.42. The lowest BCUT2D eigenvalue weighted by Gasteiger charge is -2.23. The largest absolute Gasteiger partial charge is 0.484 e. The molecule has 2 aromatic carbocycles. The minimum atomic E-state index is -0.264. The molecule has 29 heavy (non-hydrogen) atoms. The fourth-order valence-electron chi connectivity index (χ4n) is 2.63. The molecule has 0 bridgehead atoms. The van der Waals surface area contributed by atoms with Crippen LogP contribution < -0.4 is 15.4 Å². The maximum atomic E-state index is 12.1. The van der Waals surface area contributed by atoms with Crippen LogP contribution in [0.1, 0.15) is 43.1 Å². The molecule has 0 saturated carbocycles. The Hall–Kier alpha value is -2.86. The Labute approximate surface area is 172 Å². The lowest BCUT2D eigenvalue weighted by atomic mass is 9.82. The van der Waals surface area contributed by atoms with Crippen LogP contribution in [0.4, 0.5) is 5.69 Å². The number of benzene rings is 2. The van der Waals surface area contributed by atoms with Gasteiger partial charge in [0, 0.05) is 24.9 Å². The molecule has 156 valence electrons. The van der Waals surface area contributed by atoms with Crippen molar-refractivity contribution in [1.82, 2.24) is 5.32 Å². The monoisotopic (exact) mass is 398 g/mol. The molecular weight excluding hydrogens is 368 g/mol. The number of carbonyl (C=O) groups is 2. The molecule has 0 heterocycles. The number of hydrogen-bond acceptors (Lipinski definition) is 4. The molecule has 2 amide bonds. The molecule has 0 fully saturated rings. The van der Waals surface area contributed by atoms with Crippen LogP contribution >= 0.6 is 0 Å². The number of rotatable bonds is 10. The van der Waals surface area contributed by atoms with Crippen molar-refractivity contribution in [3.05, 3.63) is 59.7 Å².